The van der Waals surface area contributed by atoms with Crippen molar-refractivity contribution in [2.75, 3.05) is 0 Å². The van der Waals surface area contributed by atoms with Crippen LogP contribution in [0.3, 0.4) is 0 Å². The molecule has 4 heteroatoms. The molecule has 0 aliphatic carbocycles. The SMILES string of the molecule is O=C(O)C1=CSOC=C1. The van der Waals surface area contributed by atoms with Crippen LogP contribution in [0.2, 0.25) is 0 Å². The van der Waals surface area contributed by atoms with Crippen LogP contribution in [0.25, 0.3) is 0 Å². The van der Waals surface area contributed by atoms with Crippen molar-refractivity contribution in [2.45, 2.75) is 0 Å². The summed E-state index contributed by atoms with van der Waals surface area (Å²) in [6.07, 6.45) is 2.74. The zero-order valence-electron chi connectivity index (χ0n) is 4.40. The van der Waals surface area contributed by atoms with Crippen LogP contribution < -0.4 is 0 Å². The van der Waals surface area contributed by atoms with Crippen LogP contribution in [0.15, 0.2) is 23.3 Å². The van der Waals surface area contributed by atoms with Crippen LogP contribution >= 0.6 is 12.0 Å². The Morgan fingerprint density at radius 1 is 1.78 bits per heavy atom. The van der Waals surface area contributed by atoms with Gasteiger partial charge in [-0.15, -0.1) is 0 Å². The molecule has 1 rings (SSSR count). The van der Waals surface area contributed by atoms with E-state index in [0.717, 1.165) is 12.0 Å². The lowest BCUT2D eigenvalue weighted by Crippen LogP contribution is -1.98. The quantitative estimate of drug-likeness (QED) is 0.561. The van der Waals surface area contributed by atoms with Gasteiger partial charge < -0.3 is 9.29 Å². The topological polar surface area (TPSA) is 46.5 Å². The average Bonchev–Trinajstić information content (AvgIpc) is 1.90. The van der Waals surface area contributed by atoms with Gasteiger partial charge in [0.1, 0.15) is 6.26 Å². The molecule has 0 bridgehead atoms. The van der Waals surface area contributed by atoms with E-state index >= 15 is 0 Å². The predicted octanol–water partition coefficient (Wildman–Crippen LogP) is 1.15. The molecule has 0 saturated carbocycles. The zero-order chi connectivity index (χ0) is 6.69. The maximum Gasteiger partial charge on any atom is 0.336 e. The van der Waals surface area contributed by atoms with Crippen LogP contribution in [-0.4, -0.2) is 11.1 Å². The molecule has 0 saturated heterocycles. The van der Waals surface area contributed by atoms with E-state index in [1.165, 1.54) is 17.7 Å². The summed E-state index contributed by atoms with van der Waals surface area (Å²) in [7, 11) is 0. The summed E-state index contributed by atoms with van der Waals surface area (Å²) in [4.78, 5) is 10.2. The molecule has 3 nitrogen and oxygen atoms in total. The molecule has 0 fully saturated rings. The smallest absolute Gasteiger partial charge is 0.336 e. The Morgan fingerprint density at radius 3 is 2.89 bits per heavy atom. The molecule has 0 unspecified atom stereocenters. The summed E-state index contributed by atoms with van der Waals surface area (Å²) in [5, 5.41) is 9.78. The largest absolute Gasteiger partial charge is 0.478 e. The van der Waals surface area contributed by atoms with E-state index < -0.39 is 5.97 Å². The van der Waals surface area contributed by atoms with E-state index in [9.17, 15) is 4.79 Å². The van der Waals surface area contributed by atoms with Crippen LogP contribution in [-0.2, 0) is 8.98 Å². The van der Waals surface area contributed by atoms with Gasteiger partial charge in [0.15, 0.2) is 0 Å². The Labute approximate surface area is 56.2 Å². The highest BCUT2D eigenvalue weighted by Gasteiger charge is 2.05. The van der Waals surface area contributed by atoms with Crippen molar-refractivity contribution in [1.82, 2.24) is 0 Å². The molecule has 1 N–H and O–H groups in total. The third-order valence-corrected chi connectivity index (χ3v) is 1.35. The van der Waals surface area contributed by atoms with E-state index in [1.54, 1.807) is 0 Å². The summed E-state index contributed by atoms with van der Waals surface area (Å²) >= 11 is 1.00. The molecule has 0 atom stereocenters. The molecule has 0 aromatic carbocycles. The second-order valence-corrected chi connectivity index (χ2v) is 1.99. The Bertz CT molecular complexity index is 183. The Balaban J connectivity index is 2.69. The number of aliphatic carboxylic acids is 1. The lowest BCUT2D eigenvalue weighted by molar-refractivity contribution is -0.132. The fourth-order valence-electron chi connectivity index (χ4n) is 0.374. The molecule has 9 heavy (non-hydrogen) atoms. The van der Waals surface area contributed by atoms with Crippen molar-refractivity contribution in [3.8, 4) is 0 Å². The number of hydrogen-bond acceptors (Lipinski definition) is 3. The van der Waals surface area contributed by atoms with Crippen molar-refractivity contribution >= 4 is 18.0 Å². The molecule has 1 heterocycles. The molecule has 0 radical (unpaired) electrons. The highest BCUT2D eigenvalue weighted by Crippen LogP contribution is 2.15. The predicted molar refractivity (Wildman–Crippen MR) is 33.5 cm³/mol. The van der Waals surface area contributed by atoms with Crippen LogP contribution in [0, 0.1) is 0 Å². The standard InChI is InChI=1S/C5H4O3S/c6-5(7)4-1-2-8-9-3-4/h1-3H,(H,6,7). The first kappa shape index (κ1) is 6.22. The minimum Gasteiger partial charge on any atom is -0.478 e. The lowest BCUT2D eigenvalue weighted by Gasteiger charge is -1.99. The number of carboxylic acid groups (broad SMARTS) is 1. The molecule has 1 aliphatic heterocycles. The summed E-state index contributed by atoms with van der Waals surface area (Å²) in [6.45, 7) is 0. The van der Waals surface area contributed by atoms with Gasteiger partial charge in [-0.2, -0.15) is 0 Å². The van der Waals surface area contributed by atoms with E-state index in [1.807, 2.05) is 0 Å². The average molecular weight is 144 g/mol. The fourth-order valence-corrected chi connectivity index (χ4v) is 0.832. The van der Waals surface area contributed by atoms with Gasteiger partial charge in [-0.05, 0) is 6.08 Å². The van der Waals surface area contributed by atoms with E-state index in [4.69, 9.17) is 5.11 Å². The molecular formula is C5H4O3S. The monoisotopic (exact) mass is 144 g/mol. The molecule has 0 aromatic heterocycles. The minimum absolute atomic E-state index is 0.256. The lowest BCUT2D eigenvalue weighted by atomic mass is 10.3. The normalized spacial score (nSPS) is 16.2. The van der Waals surface area contributed by atoms with Gasteiger partial charge in [-0.1, -0.05) is 0 Å². The third kappa shape index (κ3) is 1.50. The van der Waals surface area contributed by atoms with Gasteiger partial charge in [-0.3, -0.25) is 0 Å². The Hall–Kier alpha value is -0.900. The molecule has 0 spiro atoms. The molecular weight excluding hydrogens is 140 g/mol. The highest BCUT2D eigenvalue weighted by atomic mass is 32.2. The maximum atomic E-state index is 10.2. The first-order valence-electron chi connectivity index (χ1n) is 2.23. The third-order valence-electron chi connectivity index (χ3n) is 0.781. The first-order valence-corrected chi connectivity index (χ1v) is 3.03. The second kappa shape index (κ2) is 2.59. The summed E-state index contributed by atoms with van der Waals surface area (Å²) in [5.74, 6) is -0.929. The van der Waals surface area contributed by atoms with Gasteiger partial charge in [0, 0.05) is 5.41 Å². The fraction of sp³-hybridized carbons (Fsp3) is 0. The molecule has 0 amide bonds. The summed E-state index contributed by atoms with van der Waals surface area (Å²) < 4.78 is 4.65. The van der Waals surface area contributed by atoms with Gasteiger partial charge in [0.2, 0.25) is 0 Å². The number of hydrogen-bond donors (Lipinski definition) is 1. The first-order chi connectivity index (χ1) is 4.30. The maximum absolute atomic E-state index is 10.2. The number of carbonyl (C=O) groups is 1. The van der Waals surface area contributed by atoms with E-state index in [2.05, 4.69) is 4.18 Å². The highest BCUT2D eigenvalue weighted by molar-refractivity contribution is 7.97. The van der Waals surface area contributed by atoms with Crippen molar-refractivity contribution in [3.05, 3.63) is 23.3 Å². The van der Waals surface area contributed by atoms with Crippen LogP contribution in [0.5, 0.6) is 0 Å². The van der Waals surface area contributed by atoms with Gasteiger partial charge in [-0.25, -0.2) is 4.79 Å². The second-order valence-electron chi connectivity index (χ2n) is 1.37. The van der Waals surface area contributed by atoms with Gasteiger partial charge in [0.05, 0.1) is 17.6 Å². The Morgan fingerprint density at radius 2 is 2.56 bits per heavy atom. The van der Waals surface area contributed by atoms with Crippen LogP contribution in [0.1, 0.15) is 0 Å². The minimum atomic E-state index is -0.929. The molecule has 1 aliphatic rings. The molecule has 0 aromatic rings. The van der Waals surface area contributed by atoms with E-state index in [0.29, 0.717) is 0 Å². The number of rotatable bonds is 1. The van der Waals surface area contributed by atoms with Gasteiger partial charge in [0.25, 0.3) is 0 Å². The van der Waals surface area contributed by atoms with Crippen molar-refractivity contribution in [2.24, 2.45) is 0 Å². The summed E-state index contributed by atoms with van der Waals surface area (Å²) in [6, 6.07) is 0. The number of carboxylic acids is 1. The van der Waals surface area contributed by atoms with Crippen molar-refractivity contribution < 1.29 is 14.1 Å². The van der Waals surface area contributed by atoms with Crippen LogP contribution in [0.4, 0.5) is 0 Å². The molecule has 48 valence electrons. The Kier molecular flexibility index (Phi) is 1.79. The van der Waals surface area contributed by atoms with Gasteiger partial charge >= 0.3 is 5.97 Å². The van der Waals surface area contributed by atoms with E-state index in [-0.39, 0.29) is 5.57 Å². The zero-order valence-corrected chi connectivity index (χ0v) is 5.22. The van der Waals surface area contributed by atoms with Crippen molar-refractivity contribution in [1.29, 1.82) is 0 Å². The van der Waals surface area contributed by atoms with Crippen molar-refractivity contribution in [3.63, 3.8) is 0 Å². The summed E-state index contributed by atoms with van der Waals surface area (Å²) in [5.41, 5.74) is 0.256.